The van der Waals surface area contributed by atoms with Crippen LogP contribution in [0.15, 0.2) is 84.9 Å². The molecule has 0 N–H and O–H groups in total. The molecule has 0 amide bonds. The summed E-state index contributed by atoms with van der Waals surface area (Å²) in [5, 5.41) is 0. The van der Waals surface area contributed by atoms with Crippen LogP contribution in [0.25, 0.3) is 5.57 Å². The fourth-order valence-corrected chi connectivity index (χ4v) is 3.27. The van der Waals surface area contributed by atoms with Gasteiger partial charge in [-0.1, -0.05) is 97.4 Å². The van der Waals surface area contributed by atoms with Crippen LogP contribution in [-0.2, 0) is 0 Å². The fourth-order valence-electron chi connectivity index (χ4n) is 3.27. The highest BCUT2D eigenvalue weighted by molar-refractivity contribution is 5.80. The second kappa shape index (κ2) is 7.31. The number of aryl methyl sites for hydroxylation is 2. The summed E-state index contributed by atoms with van der Waals surface area (Å²) in [4.78, 5) is 0. The van der Waals surface area contributed by atoms with Crippen molar-refractivity contribution in [1.82, 2.24) is 0 Å². The first kappa shape index (κ1) is 16.3. The van der Waals surface area contributed by atoms with E-state index in [9.17, 15) is 0 Å². The van der Waals surface area contributed by atoms with Crippen molar-refractivity contribution in [3.05, 3.63) is 113 Å². The lowest BCUT2D eigenvalue weighted by molar-refractivity contribution is 0.952. The zero-order valence-corrected chi connectivity index (χ0v) is 14.7. The maximum Gasteiger partial charge on any atom is 0.000161 e. The first-order valence-electron chi connectivity index (χ1n) is 8.55. The molecule has 0 aromatic heterocycles. The average molecular weight is 312 g/mol. The lowest BCUT2D eigenvalue weighted by atomic mass is 9.89. The summed E-state index contributed by atoms with van der Waals surface area (Å²) in [6.45, 7) is 6.64. The molecule has 3 aromatic carbocycles. The van der Waals surface area contributed by atoms with Gasteiger partial charge in [0.25, 0.3) is 0 Å². The van der Waals surface area contributed by atoms with Crippen LogP contribution in [0.2, 0.25) is 0 Å². The Balaban J connectivity index is 2.06. The third-order valence-electron chi connectivity index (χ3n) is 4.50. The van der Waals surface area contributed by atoms with E-state index < -0.39 is 0 Å². The smallest absolute Gasteiger partial charge is 0.000161 e. The first-order valence-corrected chi connectivity index (χ1v) is 8.55. The molecule has 3 aromatic rings. The monoisotopic (exact) mass is 312 g/mol. The third-order valence-corrected chi connectivity index (χ3v) is 4.50. The van der Waals surface area contributed by atoms with E-state index in [0.717, 1.165) is 0 Å². The quantitative estimate of drug-likeness (QED) is 0.513. The largest absolute Gasteiger partial charge is 0.0688 e. The van der Waals surface area contributed by atoms with Gasteiger partial charge in [0.05, 0.1) is 0 Å². The van der Waals surface area contributed by atoms with Crippen molar-refractivity contribution in [3.8, 4) is 0 Å². The third kappa shape index (κ3) is 3.65. The van der Waals surface area contributed by atoms with Gasteiger partial charge in [0.2, 0.25) is 0 Å². The van der Waals surface area contributed by atoms with E-state index in [0.29, 0.717) is 5.92 Å². The van der Waals surface area contributed by atoms with Crippen molar-refractivity contribution < 1.29 is 0 Å². The Labute approximate surface area is 145 Å². The molecule has 120 valence electrons. The minimum absolute atomic E-state index is 0.362. The Hall–Kier alpha value is -2.60. The second-order valence-corrected chi connectivity index (χ2v) is 6.46. The number of benzene rings is 3. The van der Waals surface area contributed by atoms with Crippen LogP contribution in [0.3, 0.4) is 0 Å². The molecule has 0 aliphatic rings. The van der Waals surface area contributed by atoms with Gasteiger partial charge in [0.15, 0.2) is 0 Å². The zero-order valence-electron chi connectivity index (χ0n) is 14.7. The van der Waals surface area contributed by atoms with Crippen LogP contribution in [-0.4, -0.2) is 0 Å². The molecule has 0 saturated carbocycles. The maximum atomic E-state index is 2.39. The van der Waals surface area contributed by atoms with Crippen molar-refractivity contribution in [2.24, 2.45) is 0 Å². The topological polar surface area (TPSA) is 0 Å². The second-order valence-electron chi connectivity index (χ2n) is 6.46. The summed E-state index contributed by atoms with van der Waals surface area (Å²) in [6.07, 6.45) is 2.39. The van der Waals surface area contributed by atoms with Crippen molar-refractivity contribution in [2.75, 3.05) is 0 Å². The minimum Gasteiger partial charge on any atom is -0.0688 e. The van der Waals surface area contributed by atoms with Gasteiger partial charge in [0.1, 0.15) is 0 Å². The van der Waals surface area contributed by atoms with E-state index in [4.69, 9.17) is 0 Å². The number of hydrogen-bond donors (Lipinski definition) is 0. The Kier molecular flexibility index (Phi) is 4.96. The highest BCUT2D eigenvalue weighted by atomic mass is 14.1. The van der Waals surface area contributed by atoms with Crippen LogP contribution >= 0.6 is 0 Å². The first-order chi connectivity index (χ1) is 11.6. The predicted molar refractivity (Wildman–Crippen MR) is 104 cm³/mol. The molecule has 1 atom stereocenters. The summed E-state index contributed by atoms with van der Waals surface area (Å²) >= 11 is 0. The molecule has 3 rings (SSSR count). The van der Waals surface area contributed by atoms with Gasteiger partial charge >= 0.3 is 0 Å². The highest BCUT2D eigenvalue weighted by Gasteiger charge is 2.10. The Morgan fingerprint density at radius 2 is 1.29 bits per heavy atom. The standard InChI is InChI=1S/C24H24/c1-18-14-15-23(19(2)16-18)20(3)17-24(21-10-6-4-7-11-21)22-12-8-5-9-13-22/h4-17,20H,1-3H3. The van der Waals surface area contributed by atoms with Crippen molar-refractivity contribution in [2.45, 2.75) is 26.7 Å². The van der Waals surface area contributed by atoms with E-state index in [1.165, 1.54) is 33.4 Å². The van der Waals surface area contributed by atoms with Crippen LogP contribution < -0.4 is 0 Å². The number of hydrogen-bond acceptors (Lipinski definition) is 0. The molecule has 0 fully saturated rings. The Bertz CT molecular complexity index is 785. The van der Waals surface area contributed by atoms with Gasteiger partial charge in [-0.05, 0) is 41.7 Å². The molecule has 0 heterocycles. The molecule has 0 radical (unpaired) electrons. The van der Waals surface area contributed by atoms with E-state index in [1.54, 1.807) is 0 Å². The molecule has 0 nitrogen and oxygen atoms in total. The highest BCUT2D eigenvalue weighted by Crippen LogP contribution is 2.29. The molecule has 0 aliphatic heterocycles. The summed E-state index contributed by atoms with van der Waals surface area (Å²) < 4.78 is 0. The van der Waals surface area contributed by atoms with Gasteiger partial charge in [-0.15, -0.1) is 0 Å². The molecule has 0 bridgehead atoms. The van der Waals surface area contributed by atoms with Gasteiger partial charge < -0.3 is 0 Å². The van der Waals surface area contributed by atoms with Crippen molar-refractivity contribution in [3.63, 3.8) is 0 Å². The normalized spacial score (nSPS) is 11.8. The molecule has 0 aliphatic carbocycles. The Morgan fingerprint density at radius 3 is 1.79 bits per heavy atom. The van der Waals surface area contributed by atoms with Crippen molar-refractivity contribution in [1.29, 1.82) is 0 Å². The molecule has 1 unspecified atom stereocenters. The van der Waals surface area contributed by atoms with Gasteiger partial charge in [-0.3, -0.25) is 0 Å². The van der Waals surface area contributed by atoms with Crippen LogP contribution in [0, 0.1) is 13.8 Å². The van der Waals surface area contributed by atoms with Crippen LogP contribution in [0.5, 0.6) is 0 Å². The summed E-state index contributed by atoms with van der Waals surface area (Å²) in [5.41, 5.74) is 7.90. The number of rotatable bonds is 4. The molecule has 0 saturated heterocycles. The Morgan fingerprint density at radius 1 is 0.750 bits per heavy atom. The fraction of sp³-hybridized carbons (Fsp3) is 0.167. The van der Waals surface area contributed by atoms with E-state index in [1.807, 2.05) is 0 Å². The average Bonchev–Trinajstić information content (AvgIpc) is 2.61. The zero-order chi connectivity index (χ0) is 16.9. The minimum atomic E-state index is 0.362. The summed E-state index contributed by atoms with van der Waals surface area (Å²) in [7, 11) is 0. The van der Waals surface area contributed by atoms with E-state index in [-0.39, 0.29) is 0 Å². The number of allylic oxidation sites excluding steroid dienone is 1. The lowest BCUT2D eigenvalue weighted by Crippen LogP contribution is -1.97. The van der Waals surface area contributed by atoms with Gasteiger partial charge in [0, 0.05) is 5.92 Å². The van der Waals surface area contributed by atoms with Crippen LogP contribution in [0.1, 0.15) is 40.7 Å². The molecular formula is C24H24. The van der Waals surface area contributed by atoms with Gasteiger partial charge in [-0.2, -0.15) is 0 Å². The summed E-state index contributed by atoms with van der Waals surface area (Å²) in [5.74, 6) is 0.362. The van der Waals surface area contributed by atoms with Crippen LogP contribution in [0.4, 0.5) is 0 Å². The molecule has 0 heteroatoms. The van der Waals surface area contributed by atoms with Gasteiger partial charge in [-0.25, -0.2) is 0 Å². The predicted octanol–water partition coefficient (Wildman–Crippen LogP) is 6.54. The van der Waals surface area contributed by atoms with Crippen molar-refractivity contribution >= 4 is 5.57 Å². The lowest BCUT2D eigenvalue weighted by Gasteiger charge is -2.15. The van der Waals surface area contributed by atoms with E-state index in [2.05, 4.69) is 106 Å². The molecule has 0 spiro atoms. The maximum absolute atomic E-state index is 2.39. The van der Waals surface area contributed by atoms with E-state index >= 15 is 0 Å². The molecule has 24 heavy (non-hydrogen) atoms. The summed E-state index contributed by atoms with van der Waals surface area (Å²) in [6, 6.07) is 28.0. The molecular weight excluding hydrogens is 288 g/mol. The SMILES string of the molecule is Cc1ccc(C(C)C=C(c2ccccc2)c2ccccc2)c(C)c1.